The van der Waals surface area contributed by atoms with E-state index < -0.39 is 5.97 Å². The minimum absolute atomic E-state index is 0.0498. The lowest BCUT2D eigenvalue weighted by Gasteiger charge is -2.08. The maximum Gasteiger partial charge on any atom is 0.303 e. The van der Waals surface area contributed by atoms with Crippen LogP contribution >= 0.6 is 0 Å². The number of hydrogen-bond acceptors (Lipinski definition) is 2. The fourth-order valence-electron chi connectivity index (χ4n) is 1.42. The molecule has 3 heteroatoms. The molecule has 0 aromatic heterocycles. The first-order chi connectivity index (χ1) is 4.60. The molecule has 1 fully saturated rings. The SMILES string of the molecule is CC[C@@]1(CC(=O)O)C[C@@H]1N. The van der Waals surface area contributed by atoms with Crippen molar-refractivity contribution in [1.29, 1.82) is 0 Å². The summed E-state index contributed by atoms with van der Waals surface area (Å²) in [5.74, 6) is -0.727. The number of hydrogen-bond donors (Lipinski definition) is 2. The Morgan fingerprint density at radius 3 is 2.50 bits per heavy atom. The third-order valence-electron chi connectivity index (χ3n) is 2.46. The summed E-state index contributed by atoms with van der Waals surface area (Å²) in [6.07, 6.45) is 2.01. The fraction of sp³-hybridized carbons (Fsp3) is 0.857. The molecule has 0 saturated heterocycles. The molecule has 1 saturated carbocycles. The molecular formula is C7H13NO2. The first-order valence-electron chi connectivity index (χ1n) is 3.58. The molecule has 3 N–H and O–H groups in total. The van der Waals surface area contributed by atoms with Crippen LogP contribution in [-0.4, -0.2) is 17.1 Å². The second-order valence-electron chi connectivity index (χ2n) is 3.10. The molecule has 58 valence electrons. The summed E-state index contributed by atoms with van der Waals surface area (Å²) in [6.45, 7) is 2.00. The summed E-state index contributed by atoms with van der Waals surface area (Å²) in [7, 11) is 0. The number of carbonyl (C=O) groups is 1. The molecule has 0 aliphatic heterocycles. The van der Waals surface area contributed by atoms with Gasteiger partial charge in [0.05, 0.1) is 6.42 Å². The molecule has 0 aromatic carbocycles. The van der Waals surface area contributed by atoms with Crippen LogP contribution in [-0.2, 0) is 4.79 Å². The van der Waals surface area contributed by atoms with Gasteiger partial charge in [0.1, 0.15) is 0 Å². The standard InChI is InChI=1S/C7H13NO2/c1-2-7(3-5(7)8)4-6(9)10/h5H,2-4,8H2,1H3,(H,9,10)/t5-,7-/m0/s1. The van der Waals surface area contributed by atoms with Crippen LogP contribution in [0.15, 0.2) is 0 Å². The first-order valence-corrected chi connectivity index (χ1v) is 3.58. The Morgan fingerprint density at radius 2 is 2.40 bits per heavy atom. The van der Waals surface area contributed by atoms with Gasteiger partial charge in [0, 0.05) is 6.04 Å². The number of carboxylic acids is 1. The number of carboxylic acid groups (broad SMARTS) is 1. The highest BCUT2D eigenvalue weighted by molar-refractivity contribution is 5.68. The lowest BCUT2D eigenvalue weighted by Crippen LogP contribution is -2.17. The van der Waals surface area contributed by atoms with Crippen LogP contribution in [0.25, 0.3) is 0 Å². The van der Waals surface area contributed by atoms with Gasteiger partial charge >= 0.3 is 5.97 Å². The summed E-state index contributed by atoms with van der Waals surface area (Å²) in [6, 6.07) is 0.133. The average molecular weight is 143 g/mol. The van der Waals surface area contributed by atoms with E-state index in [0.29, 0.717) is 0 Å². The summed E-state index contributed by atoms with van der Waals surface area (Å²) in [5, 5.41) is 8.48. The van der Waals surface area contributed by atoms with Gasteiger partial charge in [0.25, 0.3) is 0 Å². The zero-order valence-electron chi connectivity index (χ0n) is 6.13. The van der Waals surface area contributed by atoms with Gasteiger partial charge in [0.2, 0.25) is 0 Å². The summed E-state index contributed by atoms with van der Waals surface area (Å²) < 4.78 is 0. The lowest BCUT2D eigenvalue weighted by molar-refractivity contribution is -0.138. The Balaban J connectivity index is 2.45. The van der Waals surface area contributed by atoms with Gasteiger partial charge < -0.3 is 10.8 Å². The van der Waals surface area contributed by atoms with Crippen molar-refractivity contribution in [2.75, 3.05) is 0 Å². The van der Waals surface area contributed by atoms with Crippen LogP contribution in [0.1, 0.15) is 26.2 Å². The van der Waals surface area contributed by atoms with E-state index >= 15 is 0 Å². The maximum absolute atomic E-state index is 10.3. The fourth-order valence-corrected chi connectivity index (χ4v) is 1.42. The second kappa shape index (κ2) is 2.23. The zero-order valence-corrected chi connectivity index (χ0v) is 6.13. The molecule has 1 aliphatic carbocycles. The number of nitrogens with two attached hydrogens (primary N) is 1. The first kappa shape index (κ1) is 7.54. The van der Waals surface area contributed by atoms with E-state index in [0.717, 1.165) is 12.8 Å². The van der Waals surface area contributed by atoms with E-state index in [9.17, 15) is 4.79 Å². The topological polar surface area (TPSA) is 63.3 Å². The van der Waals surface area contributed by atoms with E-state index in [4.69, 9.17) is 10.8 Å². The number of rotatable bonds is 3. The quantitative estimate of drug-likeness (QED) is 0.607. The van der Waals surface area contributed by atoms with Crippen LogP contribution in [0.3, 0.4) is 0 Å². The highest BCUT2D eigenvalue weighted by Crippen LogP contribution is 2.50. The van der Waals surface area contributed by atoms with Gasteiger partial charge in [-0.2, -0.15) is 0 Å². The van der Waals surface area contributed by atoms with Gasteiger partial charge in [-0.15, -0.1) is 0 Å². The van der Waals surface area contributed by atoms with E-state index in [1.807, 2.05) is 6.92 Å². The van der Waals surface area contributed by atoms with Crippen LogP contribution in [0.2, 0.25) is 0 Å². The Labute approximate surface area is 60.2 Å². The minimum atomic E-state index is -0.727. The molecule has 2 atom stereocenters. The van der Waals surface area contributed by atoms with Crippen molar-refractivity contribution in [3.63, 3.8) is 0 Å². The van der Waals surface area contributed by atoms with Crippen molar-refractivity contribution in [1.82, 2.24) is 0 Å². The van der Waals surface area contributed by atoms with E-state index in [-0.39, 0.29) is 17.9 Å². The van der Waals surface area contributed by atoms with Gasteiger partial charge in [-0.05, 0) is 18.3 Å². The van der Waals surface area contributed by atoms with Crippen LogP contribution in [0.4, 0.5) is 0 Å². The second-order valence-corrected chi connectivity index (χ2v) is 3.10. The third kappa shape index (κ3) is 1.14. The van der Waals surface area contributed by atoms with Crippen molar-refractivity contribution in [3.8, 4) is 0 Å². The van der Waals surface area contributed by atoms with Crippen LogP contribution < -0.4 is 5.73 Å². The van der Waals surface area contributed by atoms with Gasteiger partial charge in [0.15, 0.2) is 0 Å². The Morgan fingerprint density at radius 1 is 1.90 bits per heavy atom. The largest absolute Gasteiger partial charge is 0.481 e. The van der Waals surface area contributed by atoms with Crippen molar-refractivity contribution in [3.05, 3.63) is 0 Å². The zero-order chi connectivity index (χ0) is 7.78. The van der Waals surface area contributed by atoms with E-state index in [2.05, 4.69) is 0 Å². The van der Waals surface area contributed by atoms with Crippen molar-refractivity contribution < 1.29 is 9.90 Å². The Kier molecular flexibility index (Phi) is 1.68. The molecule has 10 heavy (non-hydrogen) atoms. The average Bonchev–Trinajstić information content (AvgIpc) is 2.42. The smallest absolute Gasteiger partial charge is 0.303 e. The highest BCUT2D eigenvalue weighted by atomic mass is 16.4. The molecule has 0 aromatic rings. The highest BCUT2D eigenvalue weighted by Gasteiger charge is 2.51. The molecule has 0 radical (unpaired) electrons. The molecule has 3 nitrogen and oxygen atoms in total. The Bertz CT molecular complexity index is 154. The van der Waals surface area contributed by atoms with Gasteiger partial charge in [-0.25, -0.2) is 0 Å². The van der Waals surface area contributed by atoms with E-state index in [1.165, 1.54) is 0 Å². The van der Waals surface area contributed by atoms with Crippen molar-refractivity contribution in [2.45, 2.75) is 32.2 Å². The van der Waals surface area contributed by atoms with Crippen LogP contribution in [0.5, 0.6) is 0 Å². The summed E-state index contributed by atoms with van der Waals surface area (Å²) in [5.41, 5.74) is 5.55. The van der Waals surface area contributed by atoms with E-state index in [1.54, 1.807) is 0 Å². The van der Waals surface area contributed by atoms with Crippen molar-refractivity contribution in [2.24, 2.45) is 11.1 Å². The van der Waals surface area contributed by atoms with Gasteiger partial charge in [-0.3, -0.25) is 4.79 Å². The molecule has 0 heterocycles. The molecule has 0 unspecified atom stereocenters. The minimum Gasteiger partial charge on any atom is -0.481 e. The predicted molar refractivity (Wildman–Crippen MR) is 37.6 cm³/mol. The molecule has 1 aliphatic rings. The van der Waals surface area contributed by atoms with Gasteiger partial charge in [-0.1, -0.05) is 6.92 Å². The predicted octanol–water partition coefficient (Wildman–Crippen LogP) is 0.589. The summed E-state index contributed by atoms with van der Waals surface area (Å²) in [4.78, 5) is 10.3. The lowest BCUT2D eigenvalue weighted by atomic mass is 9.98. The molecular weight excluding hydrogens is 130 g/mol. The monoisotopic (exact) mass is 143 g/mol. The molecule has 0 spiro atoms. The third-order valence-corrected chi connectivity index (χ3v) is 2.46. The number of aliphatic carboxylic acids is 1. The van der Waals surface area contributed by atoms with Crippen molar-refractivity contribution >= 4 is 5.97 Å². The molecule has 1 rings (SSSR count). The molecule has 0 amide bonds. The Hall–Kier alpha value is -0.570. The summed E-state index contributed by atoms with van der Waals surface area (Å²) >= 11 is 0. The maximum atomic E-state index is 10.3. The normalized spacial score (nSPS) is 37.6. The van der Waals surface area contributed by atoms with Crippen LogP contribution in [0, 0.1) is 5.41 Å². The molecule has 0 bridgehead atoms.